The standard InChI is InChI=1S/C28H26BrClN2O5S/c29-26-22(8-4-9-24(26)21-6-2-1-3-7-21)19-36-28-25(10-5-15-32-28)27(30)37-23-13-11-20(12-14-23)18-31-16-17-38(33,34)35/h1-15,27,31H,16-19H2,(H,33,34,35). The molecule has 4 rings (SSSR count). The number of nitrogens with zero attached hydrogens (tertiary/aromatic N) is 1. The van der Waals surface area contributed by atoms with Crippen LogP contribution in [0.5, 0.6) is 11.6 Å². The van der Waals surface area contributed by atoms with Gasteiger partial charge in [0.25, 0.3) is 10.1 Å². The molecule has 1 heterocycles. The van der Waals surface area contributed by atoms with Gasteiger partial charge in [0.15, 0.2) is 0 Å². The van der Waals surface area contributed by atoms with Gasteiger partial charge in [0, 0.05) is 29.3 Å². The number of benzene rings is 3. The summed E-state index contributed by atoms with van der Waals surface area (Å²) in [6, 6.07) is 27.0. The summed E-state index contributed by atoms with van der Waals surface area (Å²) in [6.45, 7) is 0.883. The van der Waals surface area contributed by atoms with Gasteiger partial charge in [-0.3, -0.25) is 4.55 Å². The van der Waals surface area contributed by atoms with E-state index in [0.717, 1.165) is 26.7 Å². The highest BCUT2D eigenvalue weighted by Gasteiger charge is 2.18. The van der Waals surface area contributed by atoms with Crippen LogP contribution in [0, 0.1) is 0 Å². The van der Waals surface area contributed by atoms with E-state index in [1.54, 1.807) is 24.4 Å². The predicted molar refractivity (Wildman–Crippen MR) is 152 cm³/mol. The van der Waals surface area contributed by atoms with Crippen LogP contribution in [0.2, 0.25) is 0 Å². The zero-order valence-corrected chi connectivity index (χ0v) is 23.4. The van der Waals surface area contributed by atoms with Gasteiger partial charge in [-0.15, -0.1) is 0 Å². The molecule has 1 unspecified atom stereocenters. The molecular weight excluding hydrogens is 592 g/mol. The molecule has 3 aromatic carbocycles. The highest BCUT2D eigenvalue weighted by molar-refractivity contribution is 9.10. The molecule has 0 aliphatic rings. The molecule has 0 aliphatic heterocycles. The molecule has 198 valence electrons. The molecule has 0 amide bonds. The number of hydrogen-bond donors (Lipinski definition) is 2. The van der Waals surface area contributed by atoms with Gasteiger partial charge in [0.2, 0.25) is 11.4 Å². The summed E-state index contributed by atoms with van der Waals surface area (Å²) in [6.07, 6.45) is 1.64. The van der Waals surface area contributed by atoms with Crippen molar-refractivity contribution in [2.24, 2.45) is 0 Å². The van der Waals surface area contributed by atoms with Crippen LogP contribution in [0.3, 0.4) is 0 Å². The van der Waals surface area contributed by atoms with Gasteiger partial charge in [-0.2, -0.15) is 8.42 Å². The Morgan fingerprint density at radius 3 is 2.47 bits per heavy atom. The Labute approximate surface area is 235 Å². The largest absolute Gasteiger partial charge is 0.472 e. The van der Waals surface area contributed by atoms with Crippen LogP contribution in [0.1, 0.15) is 22.3 Å². The summed E-state index contributed by atoms with van der Waals surface area (Å²) in [5.74, 6) is 0.594. The van der Waals surface area contributed by atoms with Gasteiger partial charge in [-0.25, -0.2) is 4.98 Å². The molecule has 0 bridgehead atoms. The van der Waals surface area contributed by atoms with E-state index in [0.29, 0.717) is 23.7 Å². The maximum absolute atomic E-state index is 10.8. The van der Waals surface area contributed by atoms with Crippen molar-refractivity contribution in [1.29, 1.82) is 0 Å². The topological polar surface area (TPSA) is 97.8 Å². The quantitative estimate of drug-likeness (QED) is 0.108. The van der Waals surface area contributed by atoms with Gasteiger partial charge < -0.3 is 14.8 Å². The summed E-state index contributed by atoms with van der Waals surface area (Å²) >= 11 is 10.3. The van der Waals surface area contributed by atoms with Crippen molar-refractivity contribution in [3.8, 4) is 22.8 Å². The Bertz CT molecular complexity index is 1450. The summed E-state index contributed by atoms with van der Waals surface area (Å²) in [4.78, 5) is 4.37. The maximum Gasteiger partial charge on any atom is 0.266 e. The number of alkyl halides is 1. The third kappa shape index (κ3) is 8.02. The smallest absolute Gasteiger partial charge is 0.266 e. The third-order valence-corrected chi connectivity index (χ3v) is 7.58. The van der Waals surface area contributed by atoms with Crippen molar-refractivity contribution in [1.82, 2.24) is 10.3 Å². The lowest BCUT2D eigenvalue weighted by Gasteiger charge is -2.17. The minimum atomic E-state index is -3.98. The fraction of sp³-hybridized carbons (Fsp3) is 0.179. The van der Waals surface area contributed by atoms with Crippen molar-refractivity contribution in [3.63, 3.8) is 0 Å². The molecule has 1 aromatic heterocycles. The molecular formula is C28H26BrClN2O5S. The Morgan fingerprint density at radius 1 is 0.974 bits per heavy atom. The maximum atomic E-state index is 10.8. The molecule has 0 spiro atoms. The summed E-state index contributed by atoms with van der Waals surface area (Å²) < 4.78 is 43.3. The van der Waals surface area contributed by atoms with Crippen molar-refractivity contribution < 1.29 is 22.4 Å². The van der Waals surface area contributed by atoms with Gasteiger partial charge in [0.05, 0.1) is 11.3 Å². The second-order valence-corrected chi connectivity index (χ2v) is 11.1. The average Bonchev–Trinajstić information content (AvgIpc) is 2.91. The van der Waals surface area contributed by atoms with E-state index < -0.39 is 15.7 Å². The average molecular weight is 618 g/mol. The van der Waals surface area contributed by atoms with Crippen molar-refractivity contribution >= 4 is 37.6 Å². The van der Waals surface area contributed by atoms with Crippen LogP contribution < -0.4 is 14.8 Å². The molecule has 38 heavy (non-hydrogen) atoms. The fourth-order valence-corrected chi connectivity index (χ4v) is 4.96. The zero-order valence-electron chi connectivity index (χ0n) is 20.3. The van der Waals surface area contributed by atoms with E-state index in [2.05, 4.69) is 44.4 Å². The first-order valence-corrected chi connectivity index (χ1v) is 14.6. The number of aromatic nitrogens is 1. The molecule has 4 aromatic rings. The lowest BCUT2D eigenvalue weighted by molar-refractivity contribution is 0.256. The van der Waals surface area contributed by atoms with Gasteiger partial charge >= 0.3 is 0 Å². The summed E-state index contributed by atoms with van der Waals surface area (Å²) in [5, 5.41) is 2.96. The normalized spacial score (nSPS) is 12.2. The van der Waals surface area contributed by atoms with E-state index in [4.69, 9.17) is 25.6 Å². The van der Waals surface area contributed by atoms with Crippen molar-refractivity contribution in [2.75, 3.05) is 12.3 Å². The molecule has 0 saturated carbocycles. The molecule has 10 heteroatoms. The Kier molecular flexibility index (Phi) is 9.76. The van der Waals surface area contributed by atoms with Crippen molar-refractivity contribution in [3.05, 3.63) is 112 Å². The number of nitrogens with one attached hydrogen (secondary N) is 1. The van der Waals surface area contributed by atoms with Crippen LogP contribution in [0.4, 0.5) is 0 Å². The first-order valence-electron chi connectivity index (χ1n) is 11.8. The van der Waals surface area contributed by atoms with E-state index in [1.807, 2.05) is 48.5 Å². The minimum Gasteiger partial charge on any atom is -0.472 e. The molecule has 2 N–H and O–H groups in total. The number of pyridine rings is 1. The minimum absolute atomic E-state index is 0.151. The second kappa shape index (κ2) is 13.2. The molecule has 7 nitrogen and oxygen atoms in total. The van der Waals surface area contributed by atoms with Gasteiger partial charge in [-0.1, -0.05) is 72.3 Å². The molecule has 0 radical (unpaired) electrons. The Balaban J connectivity index is 1.38. The number of halogens is 2. The van der Waals surface area contributed by atoms with E-state index in [-0.39, 0.29) is 18.9 Å². The van der Waals surface area contributed by atoms with E-state index >= 15 is 0 Å². The van der Waals surface area contributed by atoms with E-state index in [9.17, 15) is 8.42 Å². The SMILES string of the molecule is O=S(=O)(O)CCNCc1ccc(OC(Cl)c2cccnc2OCc2cccc(-c3ccccc3)c2Br)cc1. The molecule has 0 aliphatic carbocycles. The highest BCUT2D eigenvalue weighted by atomic mass is 79.9. The van der Waals surface area contributed by atoms with Gasteiger partial charge in [0.1, 0.15) is 12.4 Å². The number of ether oxygens (including phenoxy) is 2. The van der Waals surface area contributed by atoms with Gasteiger partial charge in [-0.05, 0) is 56.9 Å². The molecule has 0 saturated heterocycles. The van der Waals surface area contributed by atoms with Crippen LogP contribution in [0.15, 0.2) is 95.6 Å². The summed E-state index contributed by atoms with van der Waals surface area (Å²) in [5.41, 5.74) is 3.83. The molecule has 0 fully saturated rings. The predicted octanol–water partition coefficient (Wildman–Crippen LogP) is 6.38. The van der Waals surface area contributed by atoms with Crippen LogP contribution >= 0.6 is 27.5 Å². The number of rotatable bonds is 12. The fourth-order valence-electron chi connectivity index (χ4n) is 3.68. The molecule has 1 atom stereocenters. The first-order chi connectivity index (χ1) is 18.3. The third-order valence-electron chi connectivity index (χ3n) is 5.60. The van der Waals surface area contributed by atoms with Crippen LogP contribution in [-0.4, -0.2) is 30.3 Å². The lowest BCUT2D eigenvalue weighted by Crippen LogP contribution is -2.22. The first kappa shape index (κ1) is 28.1. The monoisotopic (exact) mass is 616 g/mol. The van der Waals surface area contributed by atoms with E-state index in [1.165, 1.54) is 0 Å². The highest BCUT2D eigenvalue weighted by Crippen LogP contribution is 2.34. The Morgan fingerprint density at radius 2 is 1.74 bits per heavy atom. The second-order valence-electron chi connectivity index (χ2n) is 8.37. The van der Waals surface area contributed by atoms with Crippen LogP contribution in [0.25, 0.3) is 11.1 Å². The number of hydrogen-bond acceptors (Lipinski definition) is 6. The van der Waals surface area contributed by atoms with Crippen LogP contribution in [-0.2, 0) is 23.3 Å². The lowest BCUT2D eigenvalue weighted by atomic mass is 10.0. The summed E-state index contributed by atoms with van der Waals surface area (Å²) in [7, 11) is -3.98. The zero-order chi connectivity index (χ0) is 27.0. The van der Waals surface area contributed by atoms with Crippen molar-refractivity contribution in [2.45, 2.75) is 18.7 Å². The Hall–Kier alpha value is -2.95.